The summed E-state index contributed by atoms with van der Waals surface area (Å²) in [6.45, 7) is 4.66. The third-order valence-corrected chi connectivity index (χ3v) is 7.23. The van der Waals surface area contributed by atoms with Crippen molar-refractivity contribution in [2.45, 2.75) is 26.1 Å². The molecule has 2 aromatic carbocycles. The minimum atomic E-state index is 0.130. The third kappa shape index (κ3) is 3.71. The molecule has 1 atom stereocenters. The zero-order chi connectivity index (χ0) is 21.5. The SMILES string of the molecule is COc1ccc(CN2CCn3c(-c4nc5ccc(Br)cc5s4)nnc3C2C)c(OC)c1. The van der Waals surface area contributed by atoms with E-state index in [4.69, 9.17) is 14.5 Å². The Balaban J connectivity index is 1.42. The second-order valence-electron chi connectivity index (χ2n) is 7.49. The molecular weight excluding hydrogens is 478 g/mol. The first-order valence-electron chi connectivity index (χ1n) is 10.0. The number of nitrogens with zero attached hydrogens (tertiary/aromatic N) is 5. The molecule has 0 radical (unpaired) electrons. The molecule has 0 saturated carbocycles. The Morgan fingerprint density at radius 1 is 1.10 bits per heavy atom. The Hall–Kier alpha value is -2.49. The summed E-state index contributed by atoms with van der Waals surface area (Å²) < 4.78 is 15.3. The van der Waals surface area contributed by atoms with Crippen LogP contribution in [-0.2, 0) is 13.1 Å². The van der Waals surface area contributed by atoms with Crippen molar-refractivity contribution in [1.82, 2.24) is 24.6 Å². The van der Waals surface area contributed by atoms with E-state index in [1.165, 1.54) is 0 Å². The summed E-state index contributed by atoms with van der Waals surface area (Å²) in [4.78, 5) is 7.18. The first kappa shape index (κ1) is 20.4. The number of rotatable bonds is 5. The van der Waals surface area contributed by atoms with Gasteiger partial charge in [0.05, 0.1) is 30.5 Å². The fourth-order valence-corrected chi connectivity index (χ4v) is 5.51. The second kappa shape index (κ2) is 8.22. The number of aromatic nitrogens is 4. The van der Waals surface area contributed by atoms with Gasteiger partial charge in [-0.15, -0.1) is 21.5 Å². The van der Waals surface area contributed by atoms with Gasteiger partial charge in [0.1, 0.15) is 11.5 Å². The summed E-state index contributed by atoms with van der Waals surface area (Å²) in [5.41, 5.74) is 2.11. The number of halogens is 1. The molecule has 0 fully saturated rings. The Bertz CT molecular complexity index is 1250. The highest BCUT2D eigenvalue weighted by molar-refractivity contribution is 9.10. The lowest BCUT2D eigenvalue weighted by atomic mass is 10.1. The van der Waals surface area contributed by atoms with Gasteiger partial charge < -0.3 is 14.0 Å². The lowest BCUT2D eigenvalue weighted by Gasteiger charge is -2.33. The molecule has 0 aliphatic carbocycles. The molecule has 3 heterocycles. The summed E-state index contributed by atoms with van der Waals surface area (Å²) in [7, 11) is 3.35. The van der Waals surface area contributed by atoms with Crippen LogP contribution < -0.4 is 9.47 Å². The Kier molecular flexibility index (Phi) is 5.41. The van der Waals surface area contributed by atoms with Crippen LogP contribution in [0.25, 0.3) is 21.0 Å². The van der Waals surface area contributed by atoms with Crippen molar-refractivity contribution in [1.29, 1.82) is 0 Å². The molecule has 1 aliphatic heterocycles. The number of hydrogen-bond donors (Lipinski definition) is 0. The van der Waals surface area contributed by atoms with Gasteiger partial charge in [-0.05, 0) is 31.2 Å². The standard InChI is InChI=1S/C22H22BrN5O2S/c1-13-20-25-26-21(22-24-17-7-5-15(23)10-19(17)31-22)28(20)9-8-27(13)12-14-4-6-16(29-2)11-18(14)30-3/h4-7,10-11,13H,8-9,12H2,1-3H3. The number of methoxy groups -OCH3 is 2. The molecule has 7 nitrogen and oxygen atoms in total. The van der Waals surface area contributed by atoms with E-state index in [0.717, 1.165) is 68.0 Å². The van der Waals surface area contributed by atoms with Crippen LogP contribution in [0.3, 0.4) is 0 Å². The summed E-state index contributed by atoms with van der Waals surface area (Å²) in [6.07, 6.45) is 0. The highest BCUT2D eigenvalue weighted by atomic mass is 79.9. The molecule has 2 aromatic heterocycles. The minimum Gasteiger partial charge on any atom is -0.497 e. The molecule has 0 amide bonds. The summed E-state index contributed by atoms with van der Waals surface area (Å²) in [6, 6.07) is 12.2. The van der Waals surface area contributed by atoms with Crippen LogP contribution in [0.1, 0.15) is 24.4 Å². The van der Waals surface area contributed by atoms with Crippen molar-refractivity contribution >= 4 is 37.5 Å². The van der Waals surface area contributed by atoms with Crippen LogP contribution in [0.15, 0.2) is 40.9 Å². The Labute approximate surface area is 192 Å². The largest absolute Gasteiger partial charge is 0.497 e. The second-order valence-corrected chi connectivity index (χ2v) is 9.44. The fourth-order valence-electron chi connectivity index (χ4n) is 4.00. The molecule has 5 rings (SSSR count). The van der Waals surface area contributed by atoms with E-state index < -0.39 is 0 Å². The van der Waals surface area contributed by atoms with Crippen LogP contribution >= 0.6 is 27.3 Å². The molecule has 4 aromatic rings. The maximum absolute atomic E-state index is 5.58. The first-order valence-corrected chi connectivity index (χ1v) is 11.6. The van der Waals surface area contributed by atoms with E-state index in [1.54, 1.807) is 25.6 Å². The summed E-state index contributed by atoms with van der Waals surface area (Å²) >= 11 is 5.18. The van der Waals surface area contributed by atoms with E-state index >= 15 is 0 Å². The molecule has 0 bridgehead atoms. The molecule has 31 heavy (non-hydrogen) atoms. The maximum Gasteiger partial charge on any atom is 0.193 e. The van der Waals surface area contributed by atoms with Gasteiger partial charge in [0.25, 0.3) is 0 Å². The van der Waals surface area contributed by atoms with Crippen molar-refractivity contribution in [3.63, 3.8) is 0 Å². The normalized spacial score (nSPS) is 16.5. The average molecular weight is 500 g/mol. The van der Waals surface area contributed by atoms with E-state index in [-0.39, 0.29) is 6.04 Å². The van der Waals surface area contributed by atoms with E-state index in [1.807, 2.05) is 24.3 Å². The molecule has 0 saturated heterocycles. The van der Waals surface area contributed by atoms with Crippen LogP contribution in [0.4, 0.5) is 0 Å². The number of thiazole rings is 1. The zero-order valence-electron chi connectivity index (χ0n) is 17.5. The van der Waals surface area contributed by atoms with Gasteiger partial charge in [0.15, 0.2) is 16.7 Å². The molecule has 0 spiro atoms. The maximum atomic E-state index is 5.58. The smallest absolute Gasteiger partial charge is 0.193 e. The first-order chi connectivity index (χ1) is 15.1. The predicted molar refractivity (Wildman–Crippen MR) is 125 cm³/mol. The number of benzene rings is 2. The topological polar surface area (TPSA) is 65.3 Å². The number of ether oxygens (including phenoxy) is 2. The van der Waals surface area contributed by atoms with E-state index in [2.05, 4.69) is 54.7 Å². The van der Waals surface area contributed by atoms with Gasteiger partial charge in [0.2, 0.25) is 0 Å². The monoisotopic (exact) mass is 499 g/mol. The van der Waals surface area contributed by atoms with Crippen molar-refractivity contribution < 1.29 is 9.47 Å². The average Bonchev–Trinajstić information content (AvgIpc) is 3.39. The van der Waals surface area contributed by atoms with Crippen LogP contribution in [0.2, 0.25) is 0 Å². The molecule has 1 unspecified atom stereocenters. The summed E-state index contributed by atoms with van der Waals surface area (Å²) in [5, 5.41) is 9.96. The molecule has 1 aliphatic rings. The van der Waals surface area contributed by atoms with Gasteiger partial charge in [-0.2, -0.15) is 0 Å². The van der Waals surface area contributed by atoms with Crippen LogP contribution in [-0.4, -0.2) is 45.4 Å². The molecule has 0 N–H and O–H groups in total. The van der Waals surface area contributed by atoms with Crippen LogP contribution in [0.5, 0.6) is 11.5 Å². The number of hydrogen-bond acceptors (Lipinski definition) is 7. The van der Waals surface area contributed by atoms with Crippen LogP contribution in [0, 0.1) is 0 Å². The van der Waals surface area contributed by atoms with Gasteiger partial charge >= 0.3 is 0 Å². The Morgan fingerprint density at radius 3 is 2.77 bits per heavy atom. The highest BCUT2D eigenvalue weighted by Crippen LogP contribution is 2.35. The van der Waals surface area contributed by atoms with Gasteiger partial charge in [0, 0.05) is 35.7 Å². The third-order valence-electron chi connectivity index (χ3n) is 5.72. The van der Waals surface area contributed by atoms with Crippen molar-refractivity contribution in [3.8, 4) is 22.3 Å². The lowest BCUT2D eigenvalue weighted by Crippen LogP contribution is -2.36. The van der Waals surface area contributed by atoms with E-state index in [9.17, 15) is 0 Å². The van der Waals surface area contributed by atoms with Gasteiger partial charge in [-0.25, -0.2) is 4.98 Å². The van der Waals surface area contributed by atoms with Crippen molar-refractivity contribution in [2.24, 2.45) is 0 Å². The molecule has 160 valence electrons. The van der Waals surface area contributed by atoms with E-state index in [0.29, 0.717) is 0 Å². The lowest BCUT2D eigenvalue weighted by molar-refractivity contribution is 0.155. The predicted octanol–water partition coefficient (Wildman–Crippen LogP) is 4.91. The molecule has 9 heteroatoms. The van der Waals surface area contributed by atoms with Gasteiger partial charge in [-0.1, -0.05) is 22.0 Å². The van der Waals surface area contributed by atoms with Crippen molar-refractivity contribution in [2.75, 3.05) is 20.8 Å². The fraction of sp³-hybridized carbons (Fsp3) is 0.318. The summed E-state index contributed by atoms with van der Waals surface area (Å²) in [5.74, 6) is 3.44. The quantitative estimate of drug-likeness (QED) is 0.388. The highest BCUT2D eigenvalue weighted by Gasteiger charge is 2.30. The van der Waals surface area contributed by atoms with Gasteiger partial charge in [-0.3, -0.25) is 4.90 Å². The Morgan fingerprint density at radius 2 is 1.97 bits per heavy atom. The van der Waals surface area contributed by atoms with Crippen molar-refractivity contribution in [3.05, 3.63) is 52.3 Å². The zero-order valence-corrected chi connectivity index (χ0v) is 19.9. The molecular formula is C22H22BrN5O2S. The minimum absolute atomic E-state index is 0.130. The number of fused-ring (bicyclic) bond motifs is 2.